The predicted octanol–water partition coefficient (Wildman–Crippen LogP) is 3.76. The van der Waals surface area contributed by atoms with Crippen LogP contribution in [0.3, 0.4) is 0 Å². The zero-order valence-corrected chi connectivity index (χ0v) is 13.8. The van der Waals surface area contributed by atoms with Crippen molar-refractivity contribution in [3.8, 4) is 0 Å². The van der Waals surface area contributed by atoms with Crippen LogP contribution in [0.15, 0.2) is 58.1 Å². The largest absolute Gasteiger partial charge is 0.454 e. The molecule has 0 aliphatic carbocycles. The van der Waals surface area contributed by atoms with Crippen LogP contribution in [0.5, 0.6) is 0 Å². The third kappa shape index (κ3) is 3.27. The number of hydrogen-bond donors (Lipinski definition) is 2. The Bertz CT molecular complexity index is 995. The van der Waals surface area contributed by atoms with Crippen LogP contribution < -0.4 is 10.6 Å². The summed E-state index contributed by atoms with van der Waals surface area (Å²) in [6.45, 7) is 0.644. The number of rotatable bonds is 4. The molecule has 0 unspecified atom stereocenters. The van der Waals surface area contributed by atoms with Gasteiger partial charge in [-0.15, -0.1) is 0 Å². The molecule has 1 aliphatic rings. The van der Waals surface area contributed by atoms with E-state index in [0.717, 1.165) is 28.4 Å². The van der Waals surface area contributed by atoms with Crippen LogP contribution in [0.1, 0.15) is 11.3 Å². The van der Waals surface area contributed by atoms with Crippen molar-refractivity contribution in [3.05, 3.63) is 65.0 Å². The van der Waals surface area contributed by atoms with Gasteiger partial charge in [-0.1, -0.05) is 30.3 Å². The summed E-state index contributed by atoms with van der Waals surface area (Å²) in [5, 5.41) is 5.98. The molecule has 6 nitrogen and oxygen atoms in total. The average Bonchev–Trinajstić information content (AvgIpc) is 3.16. The van der Waals surface area contributed by atoms with Gasteiger partial charge in [0.25, 0.3) is 11.1 Å². The third-order valence-corrected chi connectivity index (χ3v) is 4.49. The van der Waals surface area contributed by atoms with Gasteiger partial charge in [-0.3, -0.25) is 19.9 Å². The van der Waals surface area contributed by atoms with Crippen LogP contribution in [-0.4, -0.2) is 16.1 Å². The number of amides is 2. The standard InChI is InChI=1S/C18H13N3O3S/c22-17-15(25-18(23)21-17)7-13-6-12-9-19-10-14(16(12)24-13)20-8-11-4-2-1-3-5-11/h1-7,9-10,20H,8H2,(H,21,22,23)/b15-7+. The van der Waals surface area contributed by atoms with Crippen LogP contribution >= 0.6 is 11.8 Å². The summed E-state index contributed by atoms with van der Waals surface area (Å²) >= 11 is 0.860. The topological polar surface area (TPSA) is 84.2 Å². The summed E-state index contributed by atoms with van der Waals surface area (Å²) in [5.41, 5.74) is 2.57. The van der Waals surface area contributed by atoms with E-state index in [1.54, 1.807) is 24.5 Å². The normalized spacial score (nSPS) is 15.8. The van der Waals surface area contributed by atoms with Gasteiger partial charge in [-0.05, 0) is 23.4 Å². The van der Waals surface area contributed by atoms with Crippen LogP contribution in [0.2, 0.25) is 0 Å². The molecule has 1 aliphatic heterocycles. The third-order valence-electron chi connectivity index (χ3n) is 3.68. The molecule has 1 aromatic carbocycles. The molecule has 0 saturated carbocycles. The molecule has 124 valence electrons. The van der Waals surface area contributed by atoms with E-state index in [2.05, 4.69) is 15.6 Å². The fourth-order valence-electron chi connectivity index (χ4n) is 2.52. The molecule has 2 N–H and O–H groups in total. The Labute approximate surface area is 147 Å². The number of nitrogens with one attached hydrogen (secondary N) is 2. The van der Waals surface area contributed by atoms with Gasteiger partial charge in [0.15, 0.2) is 5.58 Å². The first-order chi connectivity index (χ1) is 12.2. The van der Waals surface area contributed by atoms with Crippen molar-refractivity contribution >= 4 is 45.6 Å². The zero-order chi connectivity index (χ0) is 17.2. The maximum atomic E-state index is 11.6. The number of thioether (sulfide) groups is 1. The van der Waals surface area contributed by atoms with Crippen molar-refractivity contribution < 1.29 is 14.0 Å². The van der Waals surface area contributed by atoms with Gasteiger partial charge in [0.2, 0.25) is 0 Å². The van der Waals surface area contributed by atoms with Gasteiger partial charge in [0.05, 0.1) is 16.8 Å². The van der Waals surface area contributed by atoms with E-state index in [1.165, 1.54) is 0 Å². The van der Waals surface area contributed by atoms with E-state index in [0.29, 0.717) is 22.8 Å². The number of furan rings is 1. The summed E-state index contributed by atoms with van der Waals surface area (Å²) in [5.74, 6) is 0.0918. The van der Waals surface area contributed by atoms with Gasteiger partial charge in [0.1, 0.15) is 5.76 Å². The number of carbonyl (C=O) groups excluding carboxylic acids is 2. The van der Waals surface area contributed by atoms with E-state index in [4.69, 9.17) is 4.42 Å². The second-order valence-electron chi connectivity index (χ2n) is 5.45. The molecule has 3 aromatic rings. The molecule has 3 heterocycles. The van der Waals surface area contributed by atoms with E-state index in [1.807, 2.05) is 30.3 Å². The van der Waals surface area contributed by atoms with Gasteiger partial charge < -0.3 is 9.73 Å². The number of imide groups is 1. The van der Waals surface area contributed by atoms with Crippen molar-refractivity contribution in [3.63, 3.8) is 0 Å². The maximum Gasteiger partial charge on any atom is 0.290 e. The number of aromatic nitrogens is 1. The van der Waals surface area contributed by atoms with Gasteiger partial charge >= 0.3 is 0 Å². The Morgan fingerprint density at radius 2 is 2.04 bits per heavy atom. The van der Waals surface area contributed by atoms with Gasteiger partial charge in [-0.25, -0.2) is 0 Å². The minimum absolute atomic E-state index is 0.316. The van der Waals surface area contributed by atoms with Crippen LogP contribution in [0.4, 0.5) is 10.5 Å². The van der Waals surface area contributed by atoms with E-state index in [-0.39, 0.29) is 5.24 Å². The smallest absolute Gasteiger partial charge is 0.290 e. The lowest BCUT2D eigenvalue weighted by Crippen LogP contribution is -2.17. The number of hydrogen-bond acceptors (Lipinski definition) is 6. The number of pyridine rings is 1. The molecule has 0 bridgehead atoms. The minimum atomic E-state index is -0.406. The highest BCUT2D eigenvalue weighted by Gasteiger charge is 2.25. The SMILES string of the molecule is O=C1NC(=O)/C(=C\c2cc3cncc(NCc4ccccc4)c3o2)S1. The molecule has 7 heteroatoms. The lowest BCUT2D eigenvalue weighted by molar-refractivity contribution is -0.115. The molecule has 0 atom stereocenters. The summed E-state index contributed by atoms with van der Waals surface area (Å²) in [7, 11) is 0. The molecule has 1 saturated heterocycles. The lowest BCUT2D eigenvalue weighted by atomic mass is 10.2. The molecule has 0 spiro atoms. The van der Waals surface area contributed by atoms with E-state index in [9.17, 15) is 9.59 Å². The Balaban J connectivity index is 1.61. The highest BCUT2D eigenvalue weighted by atomic mass is 32.2. The monoisotopic (exact) mass is 351 g/mol. The van der Waals surface area contributed by atoms with E-state index < -0.39 is 5.91 Å². The zero-order valence-electron chi connectivity index (χ0n) is 13.0. The highest BCUT2D eigenvalue weighted by molar-refractivity contribution is 8.18. The second-order valence-corrected chi connectivity index (χ2v) is 6.46. The fourth-order valence-corrected chi connectivity index (χ4v) is 3.18. The van der Waals surface area contributed by atoms with Crippen molar-refractivity contribution in [1.29, 1.82) is 0 Å². The predicted molar refractivity (Wildman–Crippen MR) is 96.9 cm³/mol. The minimum Gasteiger partial charge on any atom is -0.454 e. The van der Waals surface area contributed by atoms with Crippen molar-refractivity contribution in [2.24, 2.45) is 0 Å². The first-order valence-corrected chi connectivity index (χ1v) is 8.41. The summed E-state index contributed by atoms with van der Waals surface area (Å²) in [4.78, 5) is 27.4. The molecular weight excluding hydrogens is 338 g/mol. The quantitative estimate of drug-likeness (QED) is 0.696. The molecule has 2 amide bonds. The summed E-state index contributed by atoms with van der Waals surface area (Å²) < 4.78 is 5.85. The van der Waals surface area contributed by atoms with Crippen LogP contribution in [-0.2, 0) is 11.3 Å². The number of fused-ring (bicyclic) bond motifs is 1. The Kier molecular flexibility index (Phi) is 3.99. The fraction of sp³-hybridized carbons (Fsp3) is 0.0556. The summed E-state index contributed by atoms with van der Waals surface area (Å²) in [6.07, 6.45) is 4.96. The number of anilines is 1. The second kappa shape index (κ2) is 6.45. The molecule has 25 heavy (non-hydrogen) atoms. The lowest BCUT2D eigenvalue weighted by Gasteiger charge is -2.06. The number of benzene rings is 1. The maximum absolute atomic E-state index is 11.6. The van der Waals surface area contributed by atoms with Crippen LogP contribution in [0.25, 0.3) is 17.0 Å². The van der Waals surface area contributed by atoms with Crippen LogP contribution in [0, 0.1) is 0 Å². The molecule has 0 radical (unpaired) electrons. The molecular formula is C18H13N3O3S. The summed E-state index contributed by atoms with van der Waals surface area (Å²) in [6, 6.07) is 11.8. The van der Waals surface area contributed by atoms with Gasteiger partial charge in [0, 0.05) is 24.2 Å². The molecule has 2 aromatic heterocycles. The average molecular weight is 351 g/mol. The van der Waals surface area contributed by atoms with Crippen molar-refractivity contribution in [2.45, 2.75) is 6.54 Å². The van der Waals surface area contributed by atoms with Gasteiger partial charge in [-0.2, -0.15) is 0 Å². The Morgan fingerprint density at radius 1 is 1.20 bits per heavy atom. The first-order valence-electron chi connectivity index (χ1n) is 7.59. The number of carbonyl (C=O) groups is 2. The van der Waals surface area contributed by atoms with E-state index >= 15 is 0 Å². The highest BCUT2D eigenvalue weighted by Crippen LogP contribution is 2.30. The molecule has 1 fully saturated rings. The Morgan fingerprint density at radius 3 is 2.80 bits per heavy atom. The molecule has 4 rings (SSSR count). The Hall–Kier alpha value is -3.06. The first kappa shape index (κ1) is 15.5. The van der Waals surface area contributed by atoms with Crippen molar-refractivity contribution in [1.82, 2.24) is 10.3 Å². The van der Waals surface area contributed by atoms with Crippen molar-refractivity contribution in [2.75, 3.05) is 5.32 Å². The number of nitrogens with zero attached hydrogens (tertiary/aromatic N) is 1.